The van der Waals surface area contributed by atoms with Crippen molar-refractivity contribution in [3.05, 3.63) is 34.6 Å². The van der Waals surface area contributed by atoms with Crippen LogP contribution in [0.4, 0.5) is 0 Å². The molecule has 0 aliphatic rings. The van der Waals surface area contributed by atoms with Gasteiger partial charge in [0, 0.05) is 10.0 Å². The third-order valence-corrected chi connectivity index (χ3v) is 2.85. The van der Waals surface area contributed by atoms with E-state index >= 15 is 0 Å². The van der Waals surface area contributed by atoms with Gasteiger partial charge < -0.3 is 9.84 Å². The molecule has 1 aromatic heterocycles. The van der Waals surface area contributed by atoms with Gasteiger partial charge in [-0.2, -0.15) is 4.98 Å². The molecule has 0 bridgehead atoms. The first-order valence-electron chi connectivity index (χ1n) is 5.10. The smallest absolute Gasteiger partial charge is 0.246 e. The maximum atomic E-state index is 11.0. The lowest BCUT2D eigenvalue weighted by Gasteiger charge is -1.96. The minimum Gasteiger partial charge on any atom is -0.346 e. The zero-order chi connectivity index (χ0) is 13.0. The molecule has 1 aromatic carbocycles. The van der Waals surface area contributed by atoms with Crippen LogP contribution in [-0.2, 0) is 11.3 Å². The molecule has 0 radical (unpaired) electrons. The molecule has 0 saturated heterocycles. The van der Waals surface area contributed by atoms with Crippen LogP contribution in [0, 0.1) is 0 Å². The van der Waals surface area contributed by atoms with Crippen LogP contribution >= 0.6 is 27.5 Å². The normalized spacial score (nSPS) is 10.3. The standard InChI is InChI=1S/C11H9BrClN3O2/c12-8-3-1-2-7(4-8)11-15-10(18-16-11)6-14-9(17)5-13/h1-4H,5-6H2,(H,14,17). The van der Waals surface area contributed by atoms with Gasteiger partial charge in [-0.25, -0.2) is 0 Å². The Morgan fingerprint density at radius 2 is 2.33 bits per heavy atom. The first-order chi connectivity index (χ1) is 8.69. The van der Waals surface area contributed by atoms with Gasteiger partial charge in [0.2, 0.25) is 17.6 Å². The quantitative estimate of drug-likeness (QED) is 0.874. The number of rotatable bonds is 4. The molecule has 5 nitrogen and oxygen atoms in total. The van der Waals surface area contributed by atoms with Crippen molar-refractivity contribution in [3.8, 4) is 11.4 Å². The van der Waals surface area contributed by atoms with E-state index in [4.69, 9.17) is 16.1 Å². The predicted octanol–water partition coefficient (Wildman–Crippen LogP) is 2.35. The first kappa shape index (κ1) is 13.0. The third kappa shape index (κ3) is 3.30. The van der Waals surface area contributed by atoms with Gasteiger partial charge in [0.15, 0.2) is 0 Å². The Balaban J connectivity index is 2.08. The van der Waals surface area contributed by atoms with Crippen molar-refractivity contribution in [2.24, 2.45) is 0 Å². The minimum atomic E-state index is -0.279. The maximum absolute atomic E-state index is 11.0. The van der Waals surface area contributed by atoms with E-state index in [9.17, 15) is 4.79 Å². The summed E-state index contributed by atoms with van der Waals surface area (Å²) in [4.78, 5) is 15.1. The summed E-state index contributed by atoms with van der Waals surface area (Å²) in [5, 5.41) is 6.39. The molecule has 0 atom stereocenters. The molecule has 1 amide bonds. The molecule has 2 rings (SSSR count). The van der Waals surface area contributed by atoms with Crippen LogP contribution in [0.1, 0.15) is 5.89 Å². The first-order valence-corrected chi connectivity index (χ1v) is 6.43. The second kappa shape index (κ2) is 5.97. The van der Waals surface area contributed by atoms with E-state index in [-0.39, 0.29) is 18.3 Å². The fraction of sp³-hybridized carbons (Fsp3) is 0.182. The number of halogens is 2. The molecule has 7 heteroatoms. The lowest BCUT2D eigenvalue weighted by Crippen LogP contribution is -2.23. The zero-order valence-corrected chi connectivity index (χ0v) is 11.5. The average Bonchev–Trinajstić information content (AvgIpc) is 2.84. The van der Waals surface area contributed by atoms with Gasteiger partial charge in [-0.15, -0.1) is 11.6 Å². The minimum absolute atomic E-state index is 0.0906. The van der Waals surface area contributed by atoms with Crippen molar-refractivity contribution >= 4 is 33.4 Å². The van der Waals surface area contributed by atoms with Gasteiger partial charge in [0.1, 0.15) is 5.88 Å². The number of amides is 1. The molecule has 0 spiro atoms. The topological polar surface area (TPSA) is 68.0 Å². The number of carbonyl (C=O) groups excluding carboxylic acids is 1. The van der Waals surface area contributed by atoms with Crippen molar-refractivity contribution in [2.75, 3.05) is 5.88 Å². The number of alkyl halides is 1. The Morgan fingerprint density at radius 1 is 1.50 bits per heavy atom. The van der Waals surface area contributed by atoms with Gasteiger partial charge in [-0.3, -0.25) is 4.79 Å². The molecule has 0 aliphatic heterocycles. The van der Waals surface area contributed by atoms with Gasteiger partial charge in [0.25, 0.3) is 0 Å². The summed E-state index contributed by atoms with van der Waals surface area (Å²) in [7, 11) is 0. The van der Waals surface area contributed by atoms with E-state index in [0.29, 0.717) is 11.7 Å². The monoisotopic (exact) mass is 329 g/mol. The lowest BCUT2D eigenvalue weighted by atomic mass is 10.2. The Bertz CT molecular complexity index is 559. The van der Waals surface area contributed by atoms with Crippen LogP contribution in [0.25, 0.3) is 11.4 Å². The van der Waals surface area contributed by atoms with Crippen LogP contribution in [0.15, 0.2) is 33.3 Å². The molecular formula is C11H9BrClN3O2. The summed E-state index contributed by atoms with van der Waals surface area (Å²) < 4.78 is 5.95. The maximum Gasteiger partial charge on any atom is 0.246 e. The number of benzene rings is 1. The highest BCUT2D eigenvalue weighted by Crippen LogP contribution is 2.20. The van der Waals surface area contributed by atoms with Gasteiger partial charge in [0.05, 0.1) is 6.54 Å². The molecule has 0 unspecified atom stereocenters. The van der Waals surface area contributed by atoms with E-state index < -0.39 is 0 Å². The van der Waals surface area contributed by atoms with Crippen LogP contribution in [0.3, 0.4) is 0 Å². The lowest BCUT2D eigenvalue weighted by molar-refractivity contribution is -0.118. The van der Waals surface area contributed by atoms with Gasteiger partial charge in [-0.05, 0) is 12.1 Å². The SMILES string of the molecule is O=C(CCl)NCc1nc(-c2cccc(Br)c2)no1. The fourth-order valence-electron chi connectivity index (χ4n) is 1.29. The highest BCUT2D eigenvalue weighted by atomic mass is 79.9. The number of nitrogens with zero attached hydrogens (tertiary/aromatic N) is 2. The summed E-state index contributed by atoms with van der Waals surface area (Å²) in [6.45, 7) is 0.173. The number of nitrogens with one attached hydrogen (secondary N) is 1. The van der Waals surface area contributed by atoms with Crippen molar-refractivity contribution in [2.45, 2.75) is 6.54 Å². The highest BCUT2D eigenvalue weighted by molar-refractivity contribution is 9.10. The number of carbonyl (C=O) groups is 1. The number of hydrogen-bond donors (Lipinski definition) is 1. The van der Waals surface area contributed by atoms with Crippen molar-refractivity contribution in [3.63, 3.8) is 0 Å². The summed E-state index contributed by atoms with van der Waals surface area (Å²) in [5.41, 5.74) is 0.836. The molecule has 18 heavy (non-hydrogen) atoms. The molecule has 0 fully saturated rings. The van der Waals surface area contributed by atoms with Crippen LogP contribution < -0.4 is 5.32 Å². The van der Waals surface area contributed by atoms with E-state index in [1.807, 2.05) is 24.3 Å². The van der Waals surface area contributed by atoms with E-state index in [0.717, 1.165) is 10.0 Å². The van der Waals surface area contributed by atoms with Crippen LogP contribution in [0.2, 0.25) is 0 Å². The Kier molecular flexibility index (Phi) is 4.33. The van der Waals surface area contributed by atoms with Crippen molar-refractivity contribution in [1.29, 1.82) is 0 Å². The van der Waals surface area contributed by atoms with Crippen LogP contribution in [0.5, 0.6) is 0 Å². The third-order valence-electron chi connectivity index (χ3n) is 2.11. The second-order valence-electron chi connectivity index (χ2n) is 3.43. The Morgan fingerprint density at radius 3 is 3.06 bits per heavy atom. The molecule has 0 aliphatic carbocycles. The average molecular weight is 331 g/mol. The highest BCUT2D eigenvalue weighted by Gasteiger charge is 2.09. The predicted molar refractivity (Wildman–Crippen MR) is 70.0 cm³/mol. The van der Waals surface area contributed by atoms with Gasteiger partial charge in [-0.1, -0.05) is 33.2 Å². The summed E-state index contributed by atoms with van der Waals surface area (Å²) in [6.07, 6.45) is 0. The molecular weight excluding hydrogens is 321 g/mol. The molecule has 1 N–H and O–H groups in total. The van der Waals surface area contributed by atoms with Crippen LogP contribution in [-0.4, -0.2) is 21.9 Å². The summed E-state index contributed by atoms with van der Waals surface area (Å²) >= 11 is 8.72. The summed E-state index contributed by atoms with van der Waals surface area (Å²) in [6, 6.07) is 7.54. The largest absolute Gasteiger partial charge is 0.346 e. The number of aromatic nitrogens is 2. The zero-order valence-electron chi connectivity index (χ0n) is 9.19. The van der Waals surface area contributed by atoms with E-state index in [2.05, 4.69) is 31.4 Å². The molecule has 1 heterocycles. The van der Waals surface area contributed by atoms with Crippen molar-refractivity contribution < 1.29 is 9.32 Å². The Hall–Kier alpha value is -1.40. The molecule has 0 saturated carbocycles. The number of hydrogen-bond acceptors (Lipinski definition) is 4. The van der Waals surface area contributed by atoms with Crippen molar-refractivity contribution in [1.82, 2.24) is 15.5 Å². The second-order valence-corrected chi connectivity index (χ2v) is 4.62. The fourth-order valence-corrected chi connectivity index (χ4v) is 1.79. The molecule has 2 aromatic rings. The Labute approximate surface area is 117 Å². The molecule has 94 valence electrons. The van der Waals surface area contributed by atoms with E-state index in [1.54, 1.807) is 0 Å². The van der Waals surface area contributed by atoms with E-state index in [1.165, 1.54) is 0 Å². The summed E-state index contributed by atoms with van der Waals surface area (Å²) in [5.74, 6) is 0.445. The van der Waals surface area contributed by atoms with Gasteiger partial charge >= 0.3 is 0 Å².